The number of imide groups is 1. The van der Waals surface area contributed by atoms with E-state index < -0.39 is 11.6 Å². The van der Waals surface area contributed by atoms with Crippen molar-refractivity contribution in [3.63, 3.8) is 0 Å². The minimum Gasteiger partial charge on any atom is -0.344 e. The second kappa shape index (κ2) is 11.0. The number of nitrogens with one attached hydrogen (secondary N) is 3. The largest absolute Gasteiger partial charge is 0.344 e. The van der Waals surface area contributed by atoms with Crippen LogP contribution in [-0.4, -0.2) is 59.4 Å². The van der Waals surface area contributed by atoms with Gasteiger partial charge in [-0.1, -0.05) is 44.7 Å². The van der Waals surface area contributed by atoms with E-state index in [-0.39, 0.29) is 36.1 Å². The fourth-order valence-electron chi connectivity index (χ4n) is 5.69. The van der Waals surface area contributed by atoms with Gasteiger partial charge in [0.05, 0.1) is 0 Å². The highest BCUT2D eigenvalue weighted by atomic mass is 19.1. The van der Waals surface area contributed by atoms with E-state index in [0.29, 0.717) is 19.0 Å². The van der Waals surface area contributed by atoms with Gasteiger partial charge in [-0.25, -0.2) is 9.18 Å². The maximum atomic E-state index is 13.5. The molecule has 1 aromatic rings. The number of carbonyl (C=O) groups excluding carboxylic acids is 3. The van der Waals surface area contributed by atoms with Crippen LogP contribution in [0.25, 0.3) is 0 Å². The van der Waals surface area contributed by atoms with Crippen molar-refractivity contribution >= 4 is 17.8 Å². The molecule has 1 saturated carbocycles. The first kappa shape index (κ1) is 25.6. The van der Waals surface area contributed by atoms with Crippen LogP contribution in [0.4, 0.5) is 9.18 Å². The van der Waals surface area contributed by atoms with Crippen LogP contribution in [0.2, 0.25) is 0 Å². The highest BCUT2D eigenvalue weighted by molar-refractivity contribution is 6.09. The smallest absolute Gasteiger partial charge is 0.325 e. The van der Waals surface area contributed by atoms with Gasteiger partial charge in [-0.3, -0.25) is 25.3 Å². The fourth-order valence-corrected chi connectivity index (χ4v) is 5.69. The van der Waals surface area contributed by atoms with Gasteiger partial charge < -0.3 is 10.2 Å². The fraction of sp³-hybridized carbons (Fsp3) is 0.654. The lowest BCUT2D eigenvalue weighted by molar-refractivity contribution is -0.140. The first-order chi connectivity index (χ1) is 16.8. The molecule has 8 nitrogen and oxygen atoms in total. The molecule has 35 heavy (non-hydrogen) atoms. The van der Waals surface area contributed by atoms with E-state index in [1.165, 1.54) is 6.07 Å². The second-order valence-corrected chi connectivity index (χ2v) is 10.4. The molecule has 1 spiro atoms. The van der Waals surface area contributed by atoms with Gasteiger partial charge in [0.15, 0.2) is 0 Å². The van der Waals surface area contributed by atoms with Crippen LogP contribution in [0.5, 0.6) is 0 Å². The van der Waals surface area contributed by atoms with Gasteiger partial charge in [-0.15, -0.1) is 0 Å². The number of unbranched alkanes of at least 4 members (excludes halogenated alkanes) is 2. The molecule has 4 atom stereocenters. The first-order valence-corrected chi connectivity index (χ1v) is 12.9. The number of amides is 4. The summed E-state index contributed by atoms with van der Waals surface area (Å²) in [6, 6.07) is 6.70. The average molecular weight is 488 g/mol. The van der Waals surface area contributed by atoms with E-state index in [1.807, 2.05) is 13.0 Å². The summed E-state index contributed by atoms with van der Waals surface area (Å²) in [5, 5.41) is 2.90. The molecule has 2 aliphatic heterocycles. The maximum absolute atomic E-state index is 13.5. The summed E-state index contributed by atoms with van der Waals surface area (Å²) in [6.45, 7) is 2.40. The van der Waals surface area contributed by atoms with E-state index in [0.717, 1.165) is 61.8 Å². The summed E-state index contributed by atoms with van der Waals surface area (Å²) in [5.41, 5.74) is 6.69. The van der Waals surface area contributed by atoms with Gasteiger partial charge in [-0.05, 0) is 55.7 Å². The zero-order valence-electron chi connectivity index (χ0n) is 20.8. The third-order valence-electron chi connectivity index (χ3n) is 8.00. The standard InChI is InChI=1S/C26H38FN5O3/c1-18-9-5-6-13-26(18)24(34)32(25(35)28-26)17-23(33)31(2)14-7-3-4-12-21-16-22(30-29-21)19-10-8-11-20(27)15-19/h8,10-11,15,18,21-22,29-30H,3-7,9,12-14,16-17H2,1-2H3,(H,28,35). The molecule has 3 aliphatic rings. The maximum Gasteiger partial charge on any atom is 0.325 e. The first-order valence-electron chi connectivity index (χ1n) is 12.9. The number of hydrazine groups is 1. The van der Waals surface area contributed by atoms with E-state index in [2.05, 4.69) is 16.2 Å². The number of hydrogen-bond acceptors (Lipinski definition) is 5. The van der Waals surface area contributed by atoms with E-state index in [9.17, 15) is 18.8 Å². The molecule has 1 aliphatic carbocycles. The van der Waals surface area contributed by atoms with Crippen molar-refractivity contribution in [3.05, 3.63) is 35.6 Å². The number of carbonyl (C=O) groups is 3. The zero-order valence-corrected chi connectivity index (χ0v) is 20.8. The molecule has 1 aromatic carbocycles. The lowest BCUT2D eigenvalue weighted by Gasteiger charge is -2.36. The molecule has 192 valence electrons. The van der Waals surface area contributed by atoms with Crippen molar-refractivity contribution < 1.29 is 18.8 Å². The SMILES string of the molecule is CC1CCCCC12NC(=O)N(CC(=O)N(C)CCCCCC1CC(c3cccc(F)c3)NN1)C2=O. The van der Waals surface area contributed by atoms with Gasteiger partial charge in [0.2, 0.25) is 5.91 Å². The second-order valence-electron chi connectivity index (χ2n) is 10.4. The summed E-state index contributed by atoms with van der Waals surface area (Å²) in [5.74, 6) is -0.595. The Kier molecular flexibility index (Phi) is 8.06. The molecule has 0 aromatic heterocycles. The van der Waals surface area contributed by atoms with Crippen LogP contribution in [0.15, 0.2) is 24.3 Å². The van der Waals surface area contributed by atoms with Crippen LogP contribution in [0.1, 0.15) is 76.3 Å². The Morgan fingerprint density at radius 2 is 2.03 bits per heavy atom. The number of likely N-dealkylation sites (N-methyl/N-ethyl adjacent to an activating group) is 1. The minimum atomic E-state index is -0.828. The molecule has 3 N–H and O–H groups in total. The number of hydrogen-bond donors (Lipinski definition) is 3. The van der Waals surface area contributed by atoms with Crippen LogP contribution >= 0.6 is 0 Å². The predicted molar refractivity (Wildman–Crippen MR) is 131 cm³/mol. The summed E-state index contributed by atoms with van der Waals surface area (Å²) in [6.07, 6.45) is 8.29. The molecule has 4 unspecified atom stereocenters. The van der Waals surface area contributed by atoms with Gasteiger partial charge in [0, 0.05) is 25.7 Å². The topological polar surface area (TPSA) is 93.8 Å². The van der Waals surface area contributed by atoms with E-state index >= 15 is 0 Å². The number of benzene rings is 1. The Bertz CT molecular complexity index is 943. The van der Waals surface area contributed by atoms with Gasteiger partial charge >= 0.3 is 6.03 Å². The van der Waals surface area contributed by atoms with Gasteiger partial charge in [-0.2, -0.15) is 0 Å². The molecular weight excluding hydrogens is 449 g/mol. The molecular formula is C26H38FN5O3. The number of halogens is 1. The Hall–Kier alpha value is -2.52. The Balaban J connectivity index is 1.15. The highest BCUT2D eigenvalue weighted by Gasteiger charge is 2.55. The Morgan fingerprint density at radius 3 is 2.80 bits per heavy atom. The van der Waals surface area contributed by atoms with Gasteiger partial charge in [0.25, 0.3) is 5.91 Å². The molecule has 0 radical (unpaired) electrons. The van der Waals surface area contributed by atoms with Crippen LogP contribution in [0, 0.1) is 11.7 Å². The summed E-state index contributed by atoms with van der Waals surface area (Å²) < 4.78 is 13.5. The molecule has 9 heteroatoms. The number of rotatable bonds is 9. The third kappa shape index (κ3) is 5.67. The van der Waals surface area contributed by atoms with Crippen LogP contribution in [0.3, 0.4) is 0 Å². The predicted octanol–water partition coefficient (Wildman–Crippen LogP) is 3.25. The lowest BCUT2D eigenvalue weighted by atomic mass is 9.73. The van der Waals surface area contributed by atoms with Crippen molar-refractivity contribution in [2.45, 2.75) is 82.3 Å². The number of urea groups is 1. The number of nitrogens with zero attached hydrogens (tertiary/aromatic N) is 2. The molecule has 2 heterocycles. The quantitative estimate of drug-likeness (QED) is 0.367. The molecule has 2 saturated heterocycles. The Labute approximate surface area is 207 Å². The Morgan fingerprint density at radius 1 is 1.20 bits per heavy atom. The molecule has 4 rings (SSSR count). The average Bonchev–Trinajstić information content (AvgIpc) is 3.40. The summed E-state index contributed by atoms with van der Waals surface area (Å²) in [7, 11) is 1.73. The monoisotopic (exact) mass is 487 g/mol. The summed E-state index contributed by atoms with van der Waals surface area (Å²) >= 11 is 0. The van der Waals surface area contributed by atoms with E-state index in [1.54, 1.807) is 24.1 Å². The third-order valence-corrected chi connectivity index (χ3v) is 8.00. The minimum absolute atomic E-state index is 0.0826. The van der Waals surface area contributed by atoms with Gasteiger partial charge in [0.1, 0.15) is 17.9 Å². The van der Waals surface area contributed by atoms with Crippen LogP contribution in [-0.2, 0) is 9.59 Å². The van der Waals surface area contributed by atoms with Crippen molar-refractivity contribution in [1.29, 1.82) is 0 Å². The van der Waals surface area contributed by atoms with Crippen molar-refractivity contribution in [1.82, 2.24) is 26.0 Å². The highest BCUT2D eigenvalue weighted by Crippen LogP contribution is 2.38. The zero-order chi connectivity index (χ0) is 25.0. The normalized spacial score (nSPS) is 28.5. The summed E-state index contributed by atoms with van der Waals surface area (Å²) in [4.78, 5) is 41.0. The van der Waals surface area contributed by atoms with Crippen molar-refractivity contribution in [3.8, 4) is 0 Å². The molecule has 3 fully saturated rings. The van der Waals surface area contributed by atoms with Crippen molar-refractivity contribution in [2.24, 2.45) is 5.92 Å². The van der Waals surface area contributed by atoms with Crippen molar-refractivity contribution in [2.75, 3.05) is 20.1 Å². The van der Waals surface area contributed by atoms with Crippen LogP contribution < -0.4 is 16.2 Å². The lowest BCUT2D eigenvalue weighted by Crippen LogP contribution is -2.54. The molecule has 4 amide bonds. The molecule has 0 bridgehead atoms. The van der Waals surface area contributed by atoms with E-state index in [4.69, 9.17) is 0 Å².